The number of piperidine rings is 1. The lowest BCUT2D eigenvalue weighted by Gasteiger charge is -2.23. The third-order valence-electron chi connectivity index (χ3n) is 4.63. The van der Waals surface area contributed by atoms with Gasteiger partial charge in [0.15, 0.2) is 6.10 Å². The Morgan fingerprint density at radius 2 is 2.16 bits per heavy atom. The van der Waals surface area contributed by atoms with E-state index in [1.807, 2.05) is 18.2 Å². The number of benzene rings is 1. The first-order chi connectivity index (χ1) is 11.4. The Hall–Kier alpha value is -1.26. The smallest absolute Gasteiger partial charge is 0.260 e. The van der Waals surface area contributed by atoms with Crippen LogP contribution in [0.15, 0.2) is 24.3 Å². The number of hydrogen-bond donors (Lipinski definition) is 2. The number of halogens is 1. The summed E-state index contributed by atoms with van der Waals surface area (Å²) in [5.74, 6) is 1.39. The SMILES string of the molecule is CC(Oc1cccc(C(C)(C)C)c1)C(=O)NCCC1CCCNC1.Cl. The molecule has 0 aliphatic carbocycles. The average Bonchev–Trinajstić information content (AvgIpc) is 2.55. The van der Waals surface area contributed by atoms with Crippen molar-refractivity contribution in [2.24, 2.45) is 5.92 Å². The van der Waals surface area contributed by atoms with Gasteiger partial charge < -0.3 is 15.4 Å². The highest BCUT2D eigenvalue weighted by molar-refractivity contribution is 5.85. The number of carbonyl (C=O) groups excluding carboxylic acids is 1. The molecule has 1 fully saturated rings. The average molecular weight is 369 g/mol. The molecule has 1 aromatic carbocycles. The van der Waals surface area contributed by atoms with Crippen molar-refractivity contribution in [2.75, 3.05) is 19.6 Å². The molecule has 142 valence electrons. The van der Waals surface area contributed by atoms with Gasteiger partial charge in [0.25, 0.3) is 5.91 Å². The van der Waals surface area contributed by atoms with Crippen LogP contribution in [0.25, 0.3) is 0 Å². The fraction of sp³-hybridized carbons (Fsp3) is 0.650. The molecule has 0 radical (unpaired) electrons. The second-order valence-electron chi connectivity index (χ2n) is 7.83. The highest BCUT2D eigenvalue weighted by Gasteiger charge is 2.18. The maximum Gasteiger partial charge on any atom is 0.260 e. The summed E-state index contributed by atoms with van der Waals surface area (Å²) < 4.78 is 5.83. The monoisotopic (exact) mass is 368 g/mol. The predicted octanol–water partition coefficient (Wildman–Crippen LogP) is 3.68. The molecule has 25 heavy (non-hydrogen) atoms. The number of ether oxygens (including phenoxy) is 1. The van der Waals surface area contributed by atoms with Crippen molar-refractivity contribution in [2.45, 2.75) is 58.5 Å². The van der Waals surface area contributed by atoms with E-state index in [0.717, 1.165) is 31.8 Å². The van der Waals surface area contributed by atoms with Gasteiger partial charge in [-0.3, -0.25) is 4.79 Å². The zero-order valence-electron chi connectivity index (χ0n) is 15.9. The molecule has 1 aliphatic rings. The maximum absolute atomic E-state index is 12.2. The van der Waals surface area contributed by atoms with E-state index in [1.165, 1.54) is 18.4 Å². The van der Waals surface area contributed by atoms with E-state index in [1.54, 1.807) is 6.92 Å². The van der Waals surface area contributed by atoms with Gasteiger partial charge >= 0.3 is 0 Å². The molecular formula is C20H33ClN2O2. The minimum atomic E-state index is -0.482. The fourth-order valence-electron chi connectivity index (χ4n) is 3.01. The van der Waals surface area contributed by atoms with Crippen molar-refractivity contribution in [3.8, 4) is 5.75 Å². The molecule has 1 heterocycles. The van der Waals surface area contributed by atoms with Gasteiger partial charge in [0, 0.05) is 6.54 Å². The third kappa shape index (κ3) is 7.25. The molecule has 0 spiro atoms. The lowest BCUT2D eigenvalue weighted by Crippen LogP contribution is -2.38. The molecule has 5 heteroatoms. The molecular weight excluding hydrogens is 336 g/mol. The Kier molecular flexibility index (Phi) is 8.74. The third-order valence-corrected chi connectivity index (χ3v) is 4.63. The van der Waals surface area contributed by atoms with Crippen molar-refractivity contribution in [3.63, 3.8) is 0 Å². The summed E-state index contributed by atoms with van der Waals surface area (Å²) in [7, 11) is 0. The first kappa shape index (κ1) is 21.8. The van der Waals surface area contributed by atoms with Crippen LogP contribution in [0.5, 0.6) is 5.75 Å². The highest BCUT2D eigenvalue weighted by Crippen LogP contribution is 2.26. The topological polar surface area (TPSA) is 50.4 Å². The van der Waals surface area contributed by atoms with Gasteiger partial charge in [0.05, 0.1) is 0 Å². The lowest BCUT2D eigenvalue weighted by atomic mass is 9.87. The standard InChI is InChI=1S/C20H32N2O2.ClH/c1-15(19(23)22-12-10-16-7-6-11-21-14-16)24-18-9-5-8-17(13-18)20(2,3)4;/h5,8-9,13,15-16,21H,6-7,10-12,14H2,1-4H3,(H,22,23);1H. The van der Waals surface area contributed by atoms with Crippen LogP contribution >= 0.6 is 12.4 Å². The second kappa shape index (κ2) is 10.0. The van der Waals surface area contributed by atoms with Gasteiger partial charge in [0.1, 0.15) is 5.75 Å². The largest absolute Gasteiger partial charge is 0.481 e. The van der Waals surface area contributed by atoms with E-state index in [4.69, 9.17) is 4.74 Å². The zero-order valence-corrected chi connectivity index (χ0v) is 16.7. The zero-order chi connectivity index (χ0) is 17.6. The van der Waals surface area contributed by atoms with Gasteiger partial charge in [-0.1, -0.05) is 32.9 Å². The molecule has 1 aliphatic heterocycles. The van der Waals surface area contributed by atoms with Crippen molar-refractivity contribution >= 4 is 18.3 Å². The van der Waals surface area contributed by atoms with E-state index in [2.05, 4.69) is 37.5 Å². The first-order valence-electron chi connectivity index (χ1n) is 9.12. The maximum atomic E-state index is 12.2. The number of amides is 1. The molecule has 1 saturated heterocycles. The summed E-state index contributed by atoms with van der Waals surface area (Å²) in [6.07, 6.45) is 3.05. The van der Waals surface area contributed by atoms with Crippen LogP contribution in [-0.4, -0.2) is 31.6 Å². The Morgan fingerprint density at radius 3 is 2.80 bits per heavy atom. The Morgan fingerprint density at radius 1 is 1.40 bits per heavy atom. The summed E-state index contributed by atoms with van der Waals surface area (Å²) in [5.41, 5.74) is 1.27. The van der Waals surface area contributed by atoms with Crippen molar-refractivity contribution in [1.82, 2.24) is 10.6 Å². The number of nitrogens with one attached hydrogen (secondary N) is 2. The minimum absolute atomic E-state index is 0. The van der Waals surface area contributed by atoms with Crippen LogP contribution in [-0.2, 0) is 10.2 Å². The van der Waals surface area contributed by atoms with Crippen LogP contribution < -0.4 is 15.4 Å². The van der Waals surface area contributed by atoms with Gasteiger partial charge in [-0.2, -0.15) is 0 Å². The minimum Gasteiger partial charge on any atom is -0.481 e. The van der Waals surface area contributed by atoms with E-state index in [-0.39, 0.29) is 23.7 Å². The number of hydrogen-bond acceptors (Lipinski definition) is 3. The van der Waals surface area contributed by atoms with Gasteiger partial charge in [-0.05, 0) is 68.3 Å². The normalized spacial score (nSPS) is 18.8. The highest BCUT2D eigenvalue weighted by atomic mass is 35.5. The van der Waals surface area contributed by atoms with Crippen molar-refractivity contribution in [3.05, 3.63) is 29.8 Å². The lowest BCUT2D eigenvalue weighted by molar-refractivity contribution is -0.127. The number of rotatable bonds is 6. The molecule has 0 bridgehead atoms. The van der Waals surface area contributed by atoms with Crippen LogP contribution in [0.1, 0.15) is 52.5 Å². The molecule has 0 aromatic heterocycles. The summed E-state index contributed by atoms with van der Waals surface area (Å²) in [6.45, 7) is 11.2. The van der Waals surface area contributed by atoms with Gasteiger partial charge in [0.2, 0.25) is 0 Å². The molecule has 0 saturated carbocycles. The molecule has 1 aromatic rings. The van der Waals surface area contributed by atoms with Crippen LogP contribution in [0, 0.1) is 5.92 Å². The van der Waals surface area contributed by atoms with Crippen molar-refractivity contribution in [1.29, 1.82) is 0 Å². The van der Waals surface area contributed by atoms with E-state index in [0.29, 0.717) is 5.92 Å². The van der Waals surface area contributed by atoms with E-state index >= 15 is 0 Å². The van der Waals surface area contributed by atoms with Crippen molar-refractivity contribution < 1.29 is 9.53 Å². The molecule has 4 nitrogen and oxygen atoms in total. The van der Waals surface area contributed by atoms with Gasteiger partial charge in [-0.25, -0.2) is 0 Å². The number of carbonyl (C=O) groups is 1. The second-order valence-corrected chi connectivity index (χ2v) is 7.83. The van der Waals surface area contributed by atoms with E-state index in [9.17, 15) is 4.79 Å². The molecule has 2 atom stereocenters. The summed E-state index contributed by atoms with van der Waals surface area (Å²) in [5, 5.41) is 6.41. The Bertz CT molecular complexity index is 537. The fourth-order valence-corrected chi connectivity index (χ4v) is 3.01. The quantitative estimate of drug-likeness (QED) is 0.805. The summed E-state index contributed by atoms with van der Waals surface area (Å²) in [4.78, 5) is 12.2. The summed E-state index contributed by atoms with van der Waals surface area (Å²) in [6, 6.07) is 8.01. The van der Waals surface area contributed by atoms with Crippen LogP contribution in [0.4, 0.5) is 0 Å². The Labute approximate surface area is 158 Å². The molecule has 2 N–H and O–H groups in total. The molecule has 2 unspecified atom stereocenters. The first-order valence-corrected chi connectivity index (χ1v) is 9.12. The van der Waals surface area contributed by atoms with E-state index < -0.39 is 6.10 Å². The van der Waals surface area contributed by atoms with Gasteiger partial charge in [-0.15, -0.1) is 12.4 Å². The predicted molar refractivity (Wildman–Crippen MR) is 106 cm³/mol. The summed E-state index contributed by atoms with van der Waals surface area (Å²) >= 11 is 0. The molecule has 1 amide bonds. The molecule has 2 rings (SSSR count). The Balaban J connectivity index is 0.00000312. The van der Waals surface area contributed by atoms with Crippen LogP contribution in [0.2, 0.25) is 0 Å². The van der Waals surface area contributed by atoms with Crippen LogP contribution in [0.3, 0.4) is 0 Å².